The van der Waals surface area contributed by atoms with Crippen molar-refractivity contribution in [2.75, 3.05) is 0 Å². The van der Waals surface area contributed by atoms with Crippen LogP contribution in [0.4, 0.5) is 17.6 Å². The number of hydrogen-bond donors (Lipinski definition) is 1. The van der Waals surface area contributed by atoms with E-state index in [1.54, 1.807) is 24.3 Å². The number of alkyl halides is 3. The molecule has 1 unspecified atom stereocenters. The number of nitrogens with one attached hydrogen (secondary N) is 1. The molecule has 0 amide bonds. The summed E-state index contributed by atoms with van der Waals surface area (Å²) < 4.78 is 55.8. The Labute approximate surface area is 212 Å². The fraction of sp³-hybridized carbons (Fsp3) is 0.138. The van der Waals surface area contributed by atoms with Gasteiger partial charge in [-0.15, -0.1) is 6.42 Å². The molecule has 0 spiro atoms. The normalized spacial score (nSPS) is 13.1. The number of halogens is 5. The minimum absolute atomic E-state index is 0.0914. The molecule has 7 heteroatoms. The van der Waals surface area contributed by atoms with Gasteiger partial charge in [-0.25, -0.2) is 4.39 Å². The molecule has 0 radical (unpaired) electrons. The van der Waals surface area contributed by atoms with Crippen molar-refractivity contribution in [2.24, 2.45) is 0 Å². The first-order valence-corrected chi connectivity index (χ1v) is 11.4. The molecule has 1 atom stereocenters. The van der Waals surface area contributed by atoms with Crippen molar-refractivity contribution in [3.8, 4) is 12.3 Å². The molecule has 4 aromatic rings. The second kappa shape index (κ2) is 10.5. The molecule has 0 aliphatic rings. The lowest BCUT2D eigenvalue weighted by Crippen LogP contribution is -2.46. The van der Waals surface area contributed by atoms with E-state index in [0.717, 1.165) is 23.3 Å². The van der Waals surface area contributed by atoms with Crippen LogP contribution in [-0.2, 0) is 24.7 Å². The highest BCUT2D eigenvalue weighted by atomic mass is 35.5. The summed E-state index contributed by atoms with van der Waals surface area (Å²) in [6.45, 7) is 0.250. The van der Waals surface area contributed by atoms with Crippen LogP contribution in [0.25, 0.3) is 0 Å². The number of rotatable bonds is 7. The van der Waals surface area contributed by atoms with Crippen LogP contribution in [0.3, 0.4) is 0 Å². The Morgan fingerprint density at radius 3 is 2.17 bits per heavy atom. The number of nitrogens with zero attached hydrogens (tertiary/aromatic N) is 1. The minimum atomic E-state index is -4.73. The predicted molar refractivity (Wildman–Crippen MR) is 133 cm³/mol. The molecule has 3 aromatic carbocycles. The van der Waals surface area contributed by atoms with Crippen LogP contribution >= 0.6 is 11.6 Å². The van der Waals surface area contributed by atoms with E-state index in [4.69, 9.17) is 18.0 Å². The van der Waals surface area contributed by atoms with Crippen LogP contribution in [0.5, 0.6) is 0 Å². The zero-order valence-corrected chi connectivity index (χ0v) is 19.7. The van der Waals surface area contributed by atoms with E-state index in [9.17, 15) is 17.6 Å². The molecule has 1 heterocycles. The molecule has 1 N–H and O–H groups in total. The monoisotopic (exact) mass is 508 g/mol. The van der Waals surface area contributed by atoms with Gasteiger partial charge in [-0.2, -0.15) is 13.2 Å². The summed E-state index contributed by atoms with van der Waals surface area (Å²) in [5.41, 5.74) is 0.454. The maximum atomic E-state index is 14.7. The number of terminal acetylenes is 1. The second-order valence-corrected chi connectivity index (χ2v) is 8.79. The summed E-state index contributed by atoms with van der Waals surface area (Å²) in [4.78, 5) is 4.46. The summed E-state index contributed by atoms with van der Waals surface area (Å²) in [6.07, 6.45) is 2.34. The minimum Gasteiger partial charge on any atom is -0.298 e. The van der Waals surface area contributed by atoms with Gasteiger partial charge >= 0.3 is 6.18 Å². The molecule has 4 rings (SSSR count). The van der Waals surface area contributed by atoms with Crippen LogP contribution in [0.2, 0.25) is 5.02 Å². The third-order valence-corrected chi connectivity index (χ3v) is 6.13. The maximum absolute atomic E-state index is 14.7. The molecule has 0 saturated carbocycles. The average Bonchev–Trinajstić information content (AvgIpc) is 2.87. The largest absolute Gasteiger partial charge is 0.416 e. The van der Waals surface area contributed by atoms with Crippen LogP contribution in [0.15, 0.2) is 91.1 Å². The first-order valence-electron chi connectivity index (χ1n) is 11.0. The van der Waals surface area contributed by atoms with Gasteiger partial charge in [0.05, 0.1) is 21.8 Å². The van der Waals surface area contributed by atoms with E-state index in [2.05, 4.69) is 16.2 Å². The van der Waals surface area contributed by atoms with E-state index in [-0.39, 0.29) is 18.5 Å². The van der Waals surface area contributed by atoms with Gasteiger partial charge in [-0.05, 0) is 59.2 Å². The molecule has 36 heavy (non-hydrogen) atoms. The fourth-order valence-electron chi connectivity index (χ4n) is 4.10. The summed E-state index contributed by atoms with van der Waals surface area (Å²) in [6, 6.07) is 22.3. The average molecular weight is 509 g/mol. The van der Waals surface area contributed by atoms with Crippen LogP contribution < -0.4 is 5.32 Å². The Kier molecular flexibility index (Phi) is 7.44. The van der Waals surface area contributed by atoms with Crippen LogP contribution in [0.1, 0.15) is 33.5 Å². The third-order valence-electron chi connectivity index (χ3n) is 5.91. The Morgan fingerprint density at radius 1 is 0.861 bits per heavy atom. The summed E-state index contributed by atoms with van der Waals surface area (Å²) in [7, 11) is 0. The standard InChI is InChI=1S/C29H21ClF4N2/c1-2-20-8-10-22(11-9-20)18-36-28(17-21-6-4-3-5-7-21,27-13-12-25(30)19-35-27)23-14-24(29(32,33)34)16-26(31)15-23/h1,3-16,19,36H,17-18H2. The predicted octanol–water partition coefficient (Wildman–Crippen LogP) is 7.15. The zero-order valence-electron chi connectivity index (χ0n) is 19.0. The van der Waals surface area contributed by atoms with Gasteiger partial charge < -0.3 is 0 Å². The lowest BCUT2D eigenvalue weighted by atomic mass is 9.79. The van der Waals surface area contributed by atoms with Crippen molar-refractivity contribution in [3.63, 3.8) is 0 Å². The van der Waals surface area contributed by atoms with Gasteiger partial charge in [-0.3, -0.25) is 10.3 Å². The van der Waals surface area contributed by atoms with Crippen molar-refractivity contribution in [3.05, 3.63) is 135 Å². The maximum Gasteiger partial charge on any atom is 0.416 e. The first-order chi connectivity index (χ1) is 17.2. The van der Waals surface area contributed by atoms with Gasteiger partial charge in [0, 0.05) is 24.7 Å². The van der Waals surface area contributed by atoms with Crippen molar-refractivity contribution in [1.82, 2.24) is 10.3 Å². The highest BCUT2D eigenvalue weighted by molar-refractivity contribution is 6.30. The summed E-state index contributed by atoms with van der Waals surface area (Å²) in [5, 5.41) is 3.77. The molecule has 1 aromatic heterocycles. The lowest BCUT2D eigenvalue weighted by molar-refractivity contribution is -0.137. The van der Waals surface area contributed by atoms with Gasteiger partial charge in [0.15, 0.2) is 0 Å². The van der Waals surface area contributed by atoms with E-state index in [1.165, 1.54) is 6.20 Å². The molecule has 2 nitrogen and oxygen atoms in total. The van der Waals surface area contributed by atoms with Crippen molar-refractivity contribution < 1.29 is 17.6 Å². The molecule has 0 aliphatic carbocycles. The van der Waals surface area contributed by atoms with E-state index < -0.39 is 23.1 Å². The van der Waals surface area contributed by atoms with Crippen LogP contribution in [0, 0.1) is 18.2 Å². The third kappa shape index (κ3) is 5.76. The number of benzene rings is 3. The summed E-state index contributed by atoms with van der Waals surface area (Å²) >= 11 is 6.07. The molecule has 0 saturated heterocycles. The van der Waals surface area contributed by atoms with E-state index in [0.29, 0.717) is 22.3 Å². The summed E-state index contributed by atoms with van der Waals surface area (Å²) in [5.74, 6) is 1.56. The molecule has 0 fully saturated rings. The first kappa shape index (κ1) is 25.4. The van der Waals surface area contributed by atoms with Gasteiger partial charge in [0.2, 0.25) is 0 Å². The molecule has 0 bridgehead atoms. The number of pyridine rings is 1. The van der Waals surface area contributed by atoms with Gasteiger partial charge in [0.1, 0.15) is 5.82 Å². The fourth-order valence-corrected chi connectivity index (χ4v) is 4.21. The van der Waals surface area contributed by atoms with Gasteiger partial charge in [0.25, 0.3) is 0 Å². The van der Waals surface area contributed by atoms with Crippen LogP contribution in [-0.4, -0.2) is 4.98 Å². The Balaban J connectivity index is 1.91. The molecular formula is C29H21ClF4N2. The molecule has 0 aliphatic heterocycles. The smallest absolute Gasteiger partial charge is 0.298 e. The SMILES string of the molecule is C#Cc1ccc(CNC(Cc2ccccc2)(c2cc(F)cc(C(F)(F)F)c2)c2ccc(Cl)cn2)cc1. The van der Waals surface area contributed by atoms with Crippen molar-refractivity contribution in [2.45, 2.75) is 24.7 Å². The highest BCUT2D eigenvalue weighted by Crippen LogP contribution is 2.38. The van der Waals surface area contributed by atoms with Crippen molar-refractivity contribution >= 4 is 11.6 Å². The highest BCUT2D eigenvalue weighted by Gasteiger charge is 2.39. The Hall–Kier alpha value is -3.66. The molecule has 182 valence electrons. The second-order valence-electron chi connectivity index (χ2n) is 8.35. The zero-order chi connectivity index (χ0) is 25.8. The number of hydrogen-bond acceptors (Lipinski definition) is 2. The quantitative estimate of drug-likeness (QED) is 0.212. The topological polar surface area (TPSA) is 24.9 Å². The lowest BCUT2D eigenvalue weighted by Gasteiger charge is -2.36. The van der Waals surface area contributed by atoms with E-state index in [1.807, 2.05) is 42.5 Å². The molecular weight excluding hydrogens is 488 g/mol. The Morgan fingerprint density at radius 2 is 1.56 bits per heavy atom. The van der Waals surface area contributed by atoms with Crippen molar-refractivity contribution in [1.29, 1.82) is 0 Å². The number of aromatic nitrogens is 1. The Bertz CT molecular complexity index is 1360. The van der Waals surface area contributed by atoms with Gasteiger partial charge in [-0.1, -0.05) is 60.0 Å². The van der Waals surface area contributed by atoms with E-state index >= 15 is 0 Å².